The summed E-state index contributed by atoms with van der Waals surface area (Å²) in [6, 6.07) is 0. The van der Waals surface area contributed by atoms with Crippen LogP contribution in [0.25, 0.3) is 0 Å². The summed E-state index contributed by atoms with van der Waals surface area (Å²) in [5, 5.41) is 0. The van der Waals surface area contributed by atoms with E-state index in [-0.39, 0.29) is 0 Å². The summed E-state index contributed by atoms with van der Waals surface area (Å²) in [6.45, 7) is 0.777. The third-order valence-corrected chi connectivity index (χ3v) is 7.80. The number of halogens is 37. The predicted molar refractivity (Wildman–Crippen MR) is 121 cm³/mol. The highest BCUT2D eigenvalue weighted by Crippen LogP contribution is 2.71. The van der Waals surface area contributed by atoms with Gasteiger partial charge in [-0.25, -0.2) is 9.18 Å². The van der Waals surface area contributed by atoms with Crippen molar-refractivity contribution in [2.75, 3.05) is 6.61 Å². The van der Waals surface area contributed by atoms with E-state index in [1.54, 1.807) is 0 Å². The molecule has 0 aliphatic heterocycles. The fourth-order valence-corrected chi connectivity index (χ4v) is 3.88. The smallest absolute Gasteiger partial charge is 0.438 e. The Morgan fingerprint density at radius 3 is 0.683 bits per heavy atom. The molecule has 0 fully saturated rings. The molecule has 0 aliphatic carbocycles. The van der Waals surface area contributed by atoms with Crippen molar-refractivity contribution in [1.29, 1.82) is 0 Å². The average molecular weight is 1030 g/mol. The molecule has 2 nitrogen and oxygen atoms in total. The molecule has 0 aromatic heterocycles. The Balaban J connectivity index is 7.80. The van der Waals surface area contributed by atoms with Gasteiger partial charge in [-0.3, -0.25) is 0 Å². The van der Waals surface area contributed by atoms with Crippen LogP contribution in [0.2, 0.25) is 0 Å². The Labute approximate surface area is 318 Å². The molecule has 0 rings (SSSR count). The Morgan fingerprint density at radius 2 is 0.508 bits per heavy atom. The maximum absolute atomic E-state index is 14.1. The van der Waals surface area contributed by atoms with E-state index in [9.17, 15) is 167 Å². The maximum atomic E-state index is 14.1. The second kappa shape index (κ2) is 15.1. The number of carbonyl (C=O) groups is 1. The van der Waals surface area contributed by atoms with Gasteiger partial charge in [0.05, 0.1) is 13.0 Å². The SMILES string of the molecule is C=C(C)C(=O)OCCC(F)(F)C(F)(F)C(F)(F)C(F)(F)C(F)(F)C(F)(F)C(F)(F)C(F)(F)C(F)(F)C(F)(F)C(F)(F)C(F)(F)C(F)(F)C(F)(F)C(F)(F)C(F)(C(F)(F)F)C(F)(F)F. The lowest BCUT2D eigenvalue weighted by atomic mass is 9.81. The monoisotopic (exact) mass is 1030 g/mol. The van der Waals surface area contributed by atoms with Crippen molar-refractivity contribution in [2.45, 2.75) is 120 Å². The molecule has 0 atom stereocenters. The van der Waals surface area contributed by atoms with Gasteiger partial charge >= 0.3 is 113 Å². The number of esters is 1. The predicted octanol–water partition coefficient (Wildman–Crippen LogP) is 12.9. The van der Waals surface area contributed by atoms with E-state index < -0.39 is 131 Å². The van der Waals surface area contributed by atoms with E-state index in [0.717, 1.165) is 0 Å². The zero-order valence-corrected chi connectivity index (χ0v) is 27.9. The third kappa shape index (κ3) is 7.28. The van der Waals surface area contributed by atoms with Crippen molar-refractivity contribution in [3.05, 3.63) is 12.2 Å². The number of ether oxygens (including phenoxy) is 1. The van der Waals surface area contributed by atoms with Crippen LogP contribution in [0.15, 0.2) is 12.2 Å². The molecule has 0 aromatic carbocycles. The average Bonchev–Trinajstić information content (AvgIpc) is 3.05. The Bertz CT molecular complexity index is 1680. The minimum Gasteiger partial charge on any atom is -0.462 e. The van der Waals surface area contributed by atoms with Gasteiger partial charge in [0.1, 0.15) is 0 Å². The Morgan fingerprint density at radius 1 is 0.333 bits per heavy atom. The normalized spacial score (nSPS) is 16.7. The van der Waals surface area contributed by atoms with Crippen LogP contribution in [0.4, 0.5) is 162 Å². The van der Waals surface area contributed by atoms with E-state index >= 15 is 0 Å². The van der Waals surface area contributed by atoms with Crippen molar-refractivity contribution in [2.24, 2.45) is 0 Å². The minimum absolute atomic E-state index is 0.583. The Hall–Kier alpha value is -3.38. The summed E-state index contributed by atoms with van der Waals surface area (Å²) in [6.07, 6.45) is -21.3. The van der Waals surface area contributed by atoms with Gasteiger partial charge in [0.15, 0.2) is 0 Å². The molecule has 0 bridgehead atoms. The first-order chi connectivity index (χ1) is 26.6. The second-order valence-corrected chi connectivity index (χ2v) is 12.1. The lowest BCUT2D eigenvalue weighted by molar-refractivity contribution is -0.494. The highest BCUT2D eigenvalue weighted by atomic mass is 19.4. The molecular weight excluding hydrogens is 1020 g/mol. The van der Waals surface area contributed by atoms with Gasteiger partial charge in [0.25, 0.3) is 0 Å². The molecule has 39 heteroatoms. The fourth-order valence-electron chi connectivity index (χ4n) is 3.88. The van der Waals surface area contributed by atoms with Crippen LogP contribution in [0, 0.1) is 0 Å². The van der Waals surface area contributed by atoms with Gasteiger partial charge in [-0.1, -0.05) is 6.58 Å². The molecule has 0 aliphatic rings. The molecular formula is C24H9F37O2. The number of rotatable bonds is 19. The lowest BCUT2D eigenvalue weighted by Crippen LogP contribution is -2.81. The van der Waals surface area contributed by atoms with Crippen LogP contribution >= 0.6 is 0 Å². The van der Waals surface area contributed by atoms with Gasteiger partial charge in [0.2, 0.25) is 0 Å². The van der Waals surface area contributed by atoms with E-state index in [2.05, 4.69) is 11.3 Å². The van der Waals surface area contributed by atoms with Gasteiger partial charge in [-0.15, -0.1) is 0 Å². The number of alkyl halides is 37. The summed E-state index contributed by atoms with van der Waals surface area (Å²) < 4.78 is 510. The van der Waals surface area contributed by atoms with Crippen LogP contribution in [0.3, 0.4) is 0 Å². The lowest BCUT2D eigenvalue weighted by Gasteiger charge is -2.47. The molecule has 0 spiro atoms. The number of carbonyl (C=O) groups excluding carboxylic acids is 1. The molecule has 376 valence electrons. The third-order valence-electron chi connectivity index (χ3n) is 7.80. The molecule has 0 heterocycles. The van der Waals surface area contributed by atoms with Crippen LogP contribution in [0.5, 0.6) is 0 Å². The quantitative estimate of drug-likeness (QED) is 0.0732. The molecule has 0 N–H and O–H groups in total. The molecule has 0 amide bonds. The summed E-state index contributed by atoms with van der Waals surface area (Å²) in [7, 11) is 0. The van der Waals surface area contributed by atoms with Crippen molar-refractivity contribution < 1.29 is 172 Å². The van der Waals surface area contributed by atoms with E-state index in [1.807, 2.05) is 0 Å². The van der Waals surface area contributed by atoms with Crippen LogP contribution in [-0.4, -0.2) is 119 Å². The van der Waals surface area contributed by atoms with E-state index in [0.29, 0.717) is 6.92 Å². The molecule has 0 saturated heterocycles. The minimum atomic E-state index is -10.5. The second-order valence-electron chi connectivity index (χ2n) is 12.1. The van der Waals surface area contributed by atoms with Crippen molar-refractivity contribution in [3.8, 4) is 0 Å². The molecule has 0 radical (unpaired) electrons. The summed E-state index contributed by atoms with van der Waals surface area (Å²) in [4.78, 5) is 11.0. The van der Waals surface area contributed by atoms with Gasteiger partial charge in [-0.2, -0.15) is 158 Å². The van der Waals surface area contributed by atoms with Crippen LogP contribution in [-0.2, 0) is 9.53 Å². The standard InChI is InChI=1S/C24H9F37O2/c1-5(2)6(62)63-4-3-7(25,26)9(28,29)11(32,33)13(36,37)15(40,41)17(44,45)19(48,49)21(52,53)22(54,55)20(50,51)18(46,47)16(42,43)14(38,39)12(34,35)10(30,31)8(27,23(56,57)58)24(59,60)61/h1,3-4H2,2H3. The fraction of sp³-hybridized carbons (Fsp3) is 0.875. The summed E-state index contributed by atoms with van der Waals surface area (Å²) in [5.74, 6) is -150. The van der Waals surface area contributed by atoms with Crippen molar-refractivity contribution in [1.82, 2.24) is 0 Å². The summed E-state index contributed by atoms with van der Waals surface area (Å²) >= 11 is 0. The topological polar surface area (TPSA) is 26.3 Å². The van der Waals surface area contributed by atoms with Gasteiger partial charge in [0, 0.05) is 5.57 Å². The van der Waals surface area contributed by atoms with Crippen molar-refractivity contribution in [3.63, 3.8) is 0 Å². The molecule has 0 aromatic rings. The van der Waals surface area contributed by atoms with Gasteiger partial charge in [-0.05, 0) is 6.92 Å². The molecule has 0 unspecified atom stereocenters. The van der Waals surface area contributed by atoms with Crippen molar-refractivity contribution >= 4 is 5.97 Å². The highest BCUT2D eigenvalue weighted by Gasteiger charge is 3.03. The molecule has 63 heavy (non-hydrogen) atoms. The van der Waals surface area contributed by atoms with Gasteiger partial charge < -0.3 is 4.74 Å². The largest absolute Gasteiger partial charge is 0.462 e. The van der Waals surface area contributed by atoms with E-state index in [1.165, 1.54) is 0 Å². The zero-order valence-electron chi connectivity index (χ0n) is 27.9. The zero-order chi connectivity index (χ0) is 52.3. The highest BCUT2D eigenvalue weighted by molar-refractivity contribution is 5.86. The maximum Gasteiger partial charge on any atom is 0.438 e. The summed E-state index contributed by atoms with van der Waals surface area (Å²) in [5.41, 5.74) is -10.4. The first kappa shape index (κ1) is 59.6. The number of hydrogen-bond donors (Lipinski definition) is 0. The first-order valence-corrected chi connectivity index (χ1v) is 13.9. The number of hydrogen-bond acceptors (Lipinski definition) is 2. The molecule has 0 saturated carbocycles. The van der Waals surface area contributed by atoms with Crippen LogP contribution in [0.1, 0.15) is 13.3 Å². The Kier molecular flexibility index (Phi) is 14.3. The first-order valence-electron chi connectivity index (χ1n) is 13.9. The van der Waals surface area contributed by atoms with Crippen LogP contribution < -0.4 is 0 Å². The van der Waals surface area contributed by atoms with E-state index in [4.69, 9.17) is 0 Å².